The van der Waals surface area contributed by atoms with Crippen LogP contribution in [0.5, 0.6) is 11.5 Å². The molecule has 4 aliphatic rings. The van der Waals surface area contributed by atoms with E-state index in [0.29, 0.717) is 11.6 Å². The summed E-state index contributed by atoms with van der Waals surface area (Å²) < 4.78 is 15.0. The lowest BCUT2D eigenvalue weighted by molar-refractivity contribution is 0.0992. The summed E-state index contributed by atoms with van der Waals surface area (Å²) in [6.45, 7) is 3.83. The Morgan fingerprint density at radius 3 is 1.86 bits per heavy atom. The molecule has 2 unspecified atom stereocenters. The van der Waals surface area contributed by atoms with Crippen LogP contribution in [0, 0.1) is 48.3 Å². The number of anilines is 3. The van der Waals surface area contributed by atoms with Crippen LogP contribution in [0.1, 0.15) is 93.6 Å². The number of rotatable bonds is 6. The monoisotopic (exact) mass is 834 g/mol. The third-order valence-electron chi connectivity index (χ3n) is 10.2. The summed E-state index contributed by atoms with van der Waals surface area (Å²) in [7, 11) is -1.77. The van der Waals surface area contributed by atoms with Crippen LogP contribution in [0.4, 0.5) is 17.3 Å². The number of aryl methyl sites for hydroxylation is 2. The first-order chi connectivity index (χ1) is 27.3. The smallest absolute Gasteiger partial charge is 0.532 e. The van der Waals surface area contributed by atoms with Crippen LogP contribution in [-0.4, -0.2) is 55.7 Å². The molecule has 9 N–H and O–H groups in total. The minimum absolute atomic E-state index is 0.0143. The van der Waals surface area contributed by atoms with Gasteiger partial charge in [0.1, 0.15) is 22.6 Å². The van der Waals surface area contributed by atoms with Gasteiger partial charge in [-0.25, -0.2) is 0 Å². The summed E-state index contributed by atoms with van der Waals surface area (Å²) in [5, 5.41) is 48.9. The van der Waals surface area contributed by atoms with Gasteiger partial charge in [-0.1, -0.05) is 28.1 Å². The molecule has 4 atom stereocenters. The van der Waals surface area contributed by atoms with Crippen LogP contribution in [0.3, 0.4) is 0 Å². The van der Waals surface area contributed by atoms with Crippen molar-refractivity contribution in [1.29, 1.82) is 10.5 Å². The molecule has 2 aliphatic heterocycles. The molecule has 2 amide bonds. The second-order valence-corrected chi connectivity index (χ2v) is 15.1. The Kier molecular flexibility index (Phi) is 12.4. The average molecular weight is 835 g/mol. The van der Waals surface area contributed by atoms with Gasteiger partial charge in [-0.2, -0.15) is 20.7 Å². The quantitative estimate of drug-likeness (QED) is 0.141. The van der Waals surface area contributed by atoms with Gasteiger partial charge in [-0.15, -0.1) is 0 Å². The Morgan fingerprint density at radius 2 is 1.33 bits per heavy atom. The second-order valence-electron chi connectivity index (χ2n) is 14.2. The van der Waals surface area contributed by atoms with Crippen molar-refractivity contribution in [1.82, 2.24) is 19.6 Å². The van der Waals surface area contributed by atoms with E-state index in [4.69, 9.17) is 31.8 Å². The van der Waals surface area contributed by atoms with E-state index in [9.17, 15) is 24.9 Å². The van der Waals surface area contributed by atoms with Crippen molar-refractivity contribution in [2.45, 2.75) is 64.5 Å². The minimum Gasteiger partial charge on any atom is -0.532 e. The largest absolute Gasteiger partial charge is 0.552 e. The highest BCUT2D eigenvalue weighted by atomic mass is 79.9. The number of hydrogen-bond acceptors (Lipinski definition) is 12. The first-order valence-electron chi connectivity index (χ1n) is 18.4. The Morgan fingerprint density at radius 1 is 0.825 bits per heavy atom. The lowest BCUT2D eigenvalue weighted by Crippen LogP contribution is -2.22. The first kappa shape index (κ1) is 40.6. The minimum atomic E-state index is -0.957. The number of amides is 2. The zero-order chi connectivity index (χ0) is 41.0. The molecule has 2 fully saturated rings. The number of aromatic nitrogens is 4. The van der Waals surface area contributed by atoms with E-state index in [-0.39, 0.29) is 40.9 Å². The van der Waals surface area contributed by atoms with E-state index in [0.717, 1.165) is 76.7 Å². The van der Waals surface area contributed by atoms with Gasteiger partial charge in [-0.3, -0.25) is 19.0 Å². The van der Waals surface area contributed by atoms with Gasteiger partial charge in [0.2, 0.25) is 0 Å². The number of carbonyl (C=O) groups excluding carboxylic acids is 2. The number of nitrogens with zero attached hydrogens (tertiary/aromatic N) is 6. The number of benzene rings is 2. The molecule has 16 nitrogen and oxygen atoms in total. The maximum Gasteiger partial charge on any atom is 0.552 e. The Hall–Kier alpha value is -6.01. The molecule has 0 bridgehead atoms. The van der Waals surface area contributed by atoms with Crippen molar-refractivity contribution < 1.29 is 28.9 Å². The van der Waals surface area contributed by atoms with Gasteiger partial charge in [0.25, 0.3) is 11.8 Å². The molecular weight excluding hydrogens is 794 g/mol. The zero-order valence-corrected chi connectivity index (χ0v) is 32.9. The predicted molar refractivity (Wildman–Crippen MR) is 218 cm³/mol. The van der Waals surface area contributed by atoms with Crippen LogP contribution in [-0.2, 0) is 0 Å². The van der Waals surface area contributed by atoms with Crippen molar-refractivity contribution in [2.24, 2.45) is 23.3 Å². The van der Waals surface area contributed by atoms with E-state index in [1.807, 2.05) is 44.2 Å². The molecular formula is C38H41B2BrN10O6. The van der Waals surface area contributed by atoms with Crippen LogP contribution >= 0.6 is 15.9 Å². The molecule has 2 aliphatic carbocycles. The maximum absolute atomic E-state index is 11.9. The lowest BCUT2D eigenvalue weighted by atomic mass is 9.86. The van der Waals surface area contributed by atoms with E-state index >= 15 is 0 Å². The number of carbonyl (C=O) groups is 2. The highest BCUT2D eigenvalue weighted by Crippen LogP contribution is 2.38. The molecule has 8 rings (SSSR count). The second kappa shape index (κ2) is 17.4. The summed E-state index contributed by atoms with van der Waals surface area (Å²) in [4.78, 5) is 23.0. The molecule has 57 heavy (non-hydrogen) atoms. The topological polar surface area (TPSA) is 266 Å². The first-order valence-corrected chi connectivity index (χ1v) is 19.2. The van der Waals surface area contributed by atoms with Crippen LogP contribution in [0.15, 0.2) is 53.1 Å². The Balaban J connectivity index is 0.000000160. The summed E-state index contributed by atoms with van der Waals surface area (Å²) >= 11 is 3.40. The van der Waals surface area contributed by atoms with E-state index < -0.39 is 26.1 Å². The number of nitriles is 2. The Bertz CT molecular complexity index is 2330. The van der Waals surface area contributed by atoms with Crippen LogP contribution in [0.25, 0.3) is 12.2 Å². The fourth-order valence-corrected chi connectivity index (χ4v) is 8.03. The normalized spacial score (nSPS) is 20.0. The number of hydrogen-bond donors (Lipinski definition) is 6. The third kappa shape index (κ3) is 9.18. The number of fused-ring (bicyclic) bond motifs is 2. The SMILES string of the molecule is Cc1cc(Br)cc2c1OB(O)C=C2.Cc1cc(Nc2nn(C3CCC[C@@H]3C#N)cc2C(N)=O)cc2c1OB(O)C=C2.N#C[C@H]1CCCC1n1cc(C(N)=O)c(N)n1. The number of nitrogen functional groups attached to an aromatic ring is 1. The van der Waals surface area contributed by atoms with Gasteiger partial charge in [0, 0.05) is 33.7 Å². The molecule has 19 heteroatoms. The molecule has 0 radical (unpaired) electrons. The van der Waals surface area contributed by atoms with Crippen LogP contribution in [0.2, 0.25) is 0 Å². The number of halogens is 1. The van der Waals surface area contributed by atoms with E-state index in [1.54, 1.807) is 33.6 Å². The van der Waals surface area contributed by atoms with Crippen molar-refractivity contribution in [3.05, 3.63) is 86.5 Å². The molecule has 4 aromatic rings. The third-order valence-corrected chi connectivity index (χ3v) is 10.6. The summed E-state index contributed by atoms with van der Waals surface area (Å²) in [5.74, 6) is 3.70. The number of primary amides is 2. The zero-order valence-electron chi connectivity index (χ0n) is 31.3. The number of nitrogens with two attached hydrogens (primary N) is 3. The molecule has 2 saturated carbocycles. The molecule has 0 spiro atoms. The standard InChI is InChI=1S/C19H20BN5O3.C10H13N5O.C9H8BBrO2/c1-11-7-14(8-12-5-6-20(27)28-17(11)12)23-19-15(18(22)26)10-25(24-19)16-4-2-3-13(16)9-21;11-4-6-2-1-3-8(6)15-5-7(10(13)16)9(12)14-15;1-6-4-8(11)5-7-2-3-10(12)13-9(6)7/h5-8,10,13,16,27H,2-4H2,1H3,(H2,22,26)(H,23,24);5-6,8H,1-3H2,(H2,12,14)(H2,13,16);2-5,12H,1H3/t13-,16?;6-,8?;/m11./s1. The van der Waals surface area contributed by atoms with Gasteiger partial charge < -0.3 is 41.9 Å². The van der Waals surface area contributed by atoms with E-state index in [2.05, 4.69) is 43.6 Å². The average Bonchev–Trinajstić information content (AvgIpc) is 3.99. The van der Waals surface area contributed by atoms with Crippen molar-refractivity contribution in [3.63, 3.8) is 0 Å². The molecule has 2 aromatic carbocycles. The molecule has 4 heterocycles. The fraction of sp³-hybridized carbons (Fsp3) is 0.316. The molecule has 292 valence electrons. The van der Waals surface area contributed by atoms with Gasteiger partial charge in [0.15, 0.2) is 11.6 Å². The van der Waals surface area contributed by atoms with Crippen molar-refractivity contribution >= 4 is 71.5 Å². The van der Waals surface area contributed by atoms with Gasteiger partial charge >= 0.3 is 14.2 Å². The van der Waals surface area contributed by atoms with Crippen molar-refractivity contribution in [3.8, 4) is 23.6 Å². The van der Waals surface area contributed by atoms with Crippen LogP contribution < -0.4 is 31.8 Å². The molecule has 0 saturated heterocycles. The maximum atomic E-state index is 11.9. The lowest BCUT2D eigenvalue weighted by Gasteiger charge is -2.19. The van der Waals surface area contributed by atoms with Gasteiger partial charge in [0.05, 0.1) is 36.1 Å². The molecule has 2 aromatic heterocycles. The highest BCUT2D eigenvalue weighted by molar-refractivity contribution is 9.10. The highest BCUT2D eigenvalue weighted by Gasteiger charge is 2.32. The summed E-state index contributed by atoms with van der Waals surface area (Å²) in [6.07, 6.45) is 12.2. The predicted octanol–water partition coefficient (Wildman–Crippen LogP) is 4.94. The Labute approximate surface area is 338 Å². The van der Waals surface area contributed by atoms with E-state index in [1.165, 1.54) is 6.20 Å². The number of nitrogens with one attached hydrogen (secondary N) is 1. The fourth-order valence-electron chi connectivity index (χ4n) is 7.44. The summed E-state index contributed by atoms with van der Waals surface area (Å²) in [5.41, 5.74) is 21.2. The summed E-state index contributed by atoms with van der Waals surface area (Å²) in [6, 6.07) is 12.2. The van der Waals surface area contributed by atoms with Gasteiger partial charge in [-0.05, 0) is 99.7 Å². The van der Waals surface area contributed by atoms with Crippen molar-refractivity contribution in [2.75, 3.05) is 11.1 Å².